The zero-order chi connectivity index (χ0) is 26.9. The first-order chi connectivity index (χ1) is 19.7. The fourth-order valence-electron chi connectivity index (χ4n) is 5.51. The quantitative estimate of drug-likeness (QED) is 0.313. The Morgan fingerprint density at radius 3 is 2.42 bits per heavy atom. The second-order valence-corrected chi connectivity index (χ2v) is 10.3. The number of benzene rings is 2. The highest BCUT2D eigenvalue weighted by atomic mass is 15.3. The van der Waals surface area contributed by atoms with Crippen LogP contribution in [0.15, 0.2) is 85.3 Å². The molecule has 1 N–H and O–H groups in total. The van der Waals surface area contributed by atoms with Gasteiger partial charge in [0.15, 0.2) is 11.5 Å². The first kappa shape index (κ1) is 24.3. The van der Waals surface area contributed by atoms with Gasteiger partial charge in [0.05, 0.1) is 11.3 Å². The summed E-state index contributed by atoms with van der Waals surface area (Å²) in [6, 6.07) is 24.9. The van der Waals surface area contributed by atoms with E-state index in [1.807, 2.05) is 54.0 Å². The standard InChI is InChI=1S/C31H29N9/c1-21-35-38-31-27(23-7-3-2-4-8-23)28(33-20-40(21)31)24-12-10-22(11-13-24)19-39-17-14-25(15-18-39)29-34-30(37-36-29)26-9-5-6-16-32-26/h2-13,16,20,25H,14-15,17-19H2,1H3,(H,34,36,37). The average molecular weight is 528 g/mol. The SMILES string of the molecule is Cc1nnc2c(-c3ccccc3)c(-c3ccc(CN4CCC(c5nc(-c6ccccn6)n[nH]5)CC4)cc3)ncn12. The number of H-pyrrole nitrogens is 1. The molecule has 40 heavy (non-hydrogen) atoms. The van der Waals surface area contributed by atoms with Gasteiger partial charge in [0.1, 0.15) is 23.7 Å². The molecule has 198 valence electrons. The molecule has 0 atom stereocenters. The summed E-state index contributed by atoms with van der Waals surface area (Å²) in [5.41, 5.74) is 6.97. The van der Waals surface area contributed by atoms with Crippen molar-refractivity contribution < 1.29 is 0 Å². The van der Waals surface area contributed by atoms with E-state index in [0.717, 1.165) is 77.9 Å². The van der Waals surface area contributed by atoms with Gasteiger partial charge in [0.2, 0.25) is 0 Å². The van der Waals surface area contributed by atoms with Gasteiger partial charge in [-0.1, -0.05) is 60.7 Å². The molecule has 0 spiro atoms. The second kappa shape index (κ2) is 10.4. The van der Waals surface area contributed by atoms with E-state index in [0.29, 0.717) is 11.7 Å². The number of likely N-dealkylation sites (tertiary alicyclic amines) is 1. The summed E-state index contributed by atoms with van der Waals surface area (Å²) in [5, 5.41) is 16.3. The zero-order valence-electron chi connectivity index (χ0n) is 22.3. The molecule has 0 amide bonds. The molecule has 4 aromatic heterocycles. The van der Waals surface area contributed by atoms with Crippen molar-refractivity contribution >= 4 is 5.65 Å². The van der Waals surface area contributed by atoms with E-state index < -0.39 is 0 Å². The van der Waals surface area contributed by atoms with E-state index in [2.05, 4.69) is 66.7 Å². The smallest absolute Gasteiger partial charge is 0.199 e. The number of aromatic nitrogens is 8. The molecular formula is C31H29N9. The Kier molecular flexibility index (Phi) is 6.33. The van der Waals surface area contributed by atoms with Gasteiger partial charge in [0, 0.05) is 24.2 Å². The first-order valence-corrected chi connectivity index (χ1v) is 13.6. The lowest BCUT2D eigenvalue weighted by Gasteiger charge is -2.31. The lowest BCUT2D eigenvalue weighted by Crippen LogP contribution is -2.32. The maximum Gasteiger partial charge on any atom is 0.199 e. The molecule has 6 aromatic rings. The van der Waals surface area contributed by atoms with Crippen molar-refractivity contribution in [1.82, 2.24) is 44.6 Å². The van der Waals surface area contributed by atoms with Crippen LogP contribution >= 0.6 is 0 Å². The van der Waals surface area contributed by atoms with E-state index in [9.17, 15) is 0 Å². The minimum Gasteiger partial charge on any atom is -0.299 e. The number of aromatic amines is 1. The van der Waals surface area contributed by atoms with Gasteiger partial charge in [-0.05, 0) is 56.1 Å². The number of piperidine rings is 1. The zero-order valence-corrected chi connectivity index (χ0v) is 22.3. The van der Waals surface area contributed by atoms with E-state index in [1.54, 1.807) is 6.20 Å². The number of hydrogen-bond acceptors (Lipinski definition) is 7. The van der Waals surface area contributed by atoms with Crippen LogP contribution in [0.1, 0.15) is 36.0 Å². The molecule has 2 aromatic carbocycles. The monoisotopic (exact) mass is 527 g/mol. The molecule has 9 heteroatoms. The molecule has 0 unspecified atom stereocenters. The molecular weight excluding hydrogens is 498 g/mol. The lowest BCUT2D eigenvalue weighted by molar-refractivity contribution is 0.202. The fraction of sp³-hybridized carbons (Fsp3) is 0.226. The Bertz CT molecular complexity index is 1730. The van der Waals surface area contributed by atoms with Gasteiger partial charge < -0.3 is 0 Å². The number of nitrogens with zero attached hydrogens (tertiary/aromatic N) is 8. The predicted molar refractivity (Wildman–Crippen MR) is 153 cm³/mol. The van der Waals surface area contributed by atoms with Gasteiger partial charge in [-0.2, -0.15) is 5.10 Å². The van der Waals surface area contributed by atoms with Gasteiger partial charge in [-0.15, -0.1) is 10.2 Å². The highest BCUT2D eigenvalue weighted by molar-refractivity contribution is 5.89. The number of nitrogens with one attached hydrogen (secondary N) is 1. The summed E-state index contributed by atoms with van der Waals surface area (Å²) in [6.45, 7) is 4.91. The molecule has 5 heterocycles. The molecule has 0 radical (unpaired) electrons. The van der Waals surface area contributed by atoms with E-state index in [1.165, 1.54) is 5.56 Å². The third-order valence-corrected chi connectivity index (χ3v) is 7.70. The summed E-state index contributed by atoms with van der Waals surface area (Å²) in [4.78, 5) is 16.5. The van der Waals surface area contributed by atoms with Crippen molar-refractivity contribution in [3.05, 3.63) is 103 Å². The Morgan fingerprint density at radius 1 is 0.850 bits per heavy atom. The second-order valence-electron chi connectivity index (χ2n) is 10.3. The van der Waals surface area contributed by atoms with Gasteiger partial charge in [0.25, 0.3) is 0 Å². The summed E-state index contributed by atoms with van der Waals surface area (Å²) < 4.78 is 1.95. The summed E-state index contributed by atoms with van der Waals surface area (Å²) in [7, 11) is 0. The van der Waals surface area contributed by atoms with E-state index >= 15 is 0 Å². The Balaban J connectivity index is 1.05. The molecule has 0 aliphatic carbocycles. The van der Waals surface area contributed by atoms with Crippen LogP contribution in [0.2, 0.25) is 0 Å². The summed E-state index contributed by atoms with van der Waals surface area (Å²) >= 11 is 0. The lowest BCUT2D eigenvalue weighted by atomic mass is 9.95. The topological polar surface area (TPSA) is 101 Å². The summed E-state index contributed by atoms with van der Waals surface area (Å²) in [6.07, 6.45) is 5.69. The number of fused-ring (bicyclic) bond motifs is 1. The fourth-order valence-corrected chi connectivity index (χ4v) is 5.51. The maximum absolute atomic E-state index is 4.84. The maximum atomic E-state index is 4.84. The third-order valence-electron chi connectivity index (χ3n) is 7.70. The normalized spacial score (nSPS) is 14.6. The molecule has 1 aliphatic rings. The van der Waals surface area contributed by atoms with E-state index in [4.69, 9.17) is 9.97 Å². The van der Waals surface area contributed by atoms with Gasteiger partial charge >= 0.3 is 0 Å². The van der Waals surface area contributed by atoms with Crippen LogP contribution in [-0.4, -0.2) is 57.7 Å². The Labute approximate surface area is 232 Å². The van der Waals surface area contributed by atoms with Crippen molar-refractivity contribution in [1.29, 1.82) is 0 Å². The number of rotatable bonds is 6. The van der Waals surface area contributed by atoms with Crippen molar-refractivity contribution in [2.45, 2.75) is 32.2 Å². The van der Waals surface area contributed by atoms with Crippen LogP contribution in [-0.2, 0) is 6.54 Å². The van der Waals surface area contributed by atoms with Crippen molar-refractivity contribution in [2.24, 2.45) is 0 Å². The van der Waals surface area contributed by atoms with E-state index in [-0.39, 0.29) is 0 Å². The minimum absolute atomic E-state index is 0.391. The highest BCUT2D eigenvalue weighted by Crippen LogP contribution is 2.34. The van der Waals surface area contributed by atoms with Crippen molar-refractivity contribution in [3.8, 4) is 33.9 Å². The number of aryl methyl sites for hydroxylation is 1. The van der Waals surface area contributed by atoms with Crippen LogP contribution in [0, 0.1) is 6.92 Å². The average Bonchev–Trinajstić information content (AvgIpc) is 3.66. The van der Waals surface area contributed by atoms with Crippen LogP contribution in [0.3, 0.4) is 0 Å². The number of pyridine rings is 1. The number of hydrogen-bond donors (Lipinski definition) is 1. The Hall–Kier alpha value is -4.76. The largest absolute Gasteiger partial charge is 0.299 e. The van der Waals surface area contributed by atoms with Crippen LogP contribution in [0.5, 0.6) is 0 Å². The molecule has 7 rings (SSSR count). The van der Waals surface area contributed by atoms with Crippen LogP contribution < -0.4 is 0 Å². The van der Waals surface area contributed by atoms with Gasteiger partial charge in [-0.25, -0.2) is 9.97 Å². The summed E-state index contributed by atoms with van der Waals surface area (Å²) in [5.74, 6) is 2.84. The van der Waals surface area contributed by atoms with Gasteiger partial charge in [-0.3, -0.25) is 19.4 Å². The highest BCUT2D eigenvalue weighted by Gasteiger charge is 2.24. The Morgan fingerprint density at radius 2 is 1.65 bits per heavy atom. The molecule has 1 saturated heterocycles. The molecule has 1 fully saturated rings. The molecule has 0 saturated carbocycles. The molecule has 0 bridgehead atoms. The minimum atomic E-state index is 0.391. The predicted octanol–water partition coefficient (Wildman–Crippen LogP) is 5.33. The molecule has 9 nitrogen and oxygen atoms in total. The van der Waals surface area contributed by atoms with Crippen molar-refractivity contribution in [2.75, 3.05) is 13.1 Å². The van der Waals surface area contributed by atoms with Crippen LogP contribution in [0.25, 0.3) is 39.5 Å². The van der Waals surface area contributed by atoms with Crippen molar-refractivity contribution in [3.63, 3.8) is 0 Å². The van der Waals surface area contributed by atoms with Crippen LogP contribution in [0.4, 0.5) is 0 Å². The molecule has 1 aliphatic heterocycles. The first-order valence-electron chi connectivity index (χ1n) is 13.6. The third kappa shape index (κ3) is 4.65.